The number of carbonyl (C=O) groups excluding carboxylic acids is 2. The summed E-state index contributed by atoms with van der Waals surface area (Å²) in [6.45, 7) is 4.51. The van der Waals surface area contributed by atoms with Crippen LogP contribution in [0, 0.1) is 5.92 Å². The van der Waals surface area contributed by atoms with Crippen molar-refractivity contribution in [3.05, 3.63) is 66.2 Å². The molecule has 0 aromatic heterocycles. The number of likely N-dealkylation sites (N-methyl/N-ethyl adjacent to an activating group) is 1. The fraction of sp³-hybridized carbons (Fsp3) is 0.462. The molecule has 0 bridgehead atoms. The molecule has 0 aliphatic rings. The van der Waals surface area contributed by atoms with Crippen LogP contribution in [0.1, 0.15) is 25.8 Å². The lowest BCUT2D eigenvalue weighted by Gasteiger charge is -2.33. The van der Waals surface area contributed by atoms with Gasteiger partial charge < -0.3 is 25.0 Å². The maximum Gasteiger partial charge on any atom is 0.318 e. The zero-order valence-electron chi connectivity index (χ0n) is 20.1. The second kappa shape index (κ2) is 13.5. The molecule has 0 aliphatic heterocycles. The van der Waals surface area contributed by atoms with Crippen molar-refractivity contribution < 1.29 is 19.4 Å². The normalized spacial score (nSPS) is 12.7. The van der Waals surface area contributed by atoms with Crippen LogP contribution >= 0.6 is 0 Å². The summed E-state index contributed by atoms with van der Waals surface area (Å²) in [6.07, 6.45) is 1.14. The van der Waals surface area contributed by atoms with Gasteiger partial charge in [0.1, 0.15) is 18.4 Å². The third kappa shape index (κ3) is 8.77. The molecule has 2 unspecified atom stereocenters. The van der Waals surface area contributed by atoms with Crippen LogP contribution in [-0.4, -0.2) is 72.8 Å². The monoisotopic (exact) mass is 455 g/mol. The molecular formula is C26H37N3O4. The van der Waals surface area contributed by atoms with E-state index in [0.717, 1.165) is 12.0 Å². The van der Waals surface area contributed by atoms with E-state index in [9.17, 15) is 14.7 Å². The number of para-hydroxylation sites is 1. The standard InChI is InChI=1S/C26H37N3O4/c1-20(2)15-16-29(22(18-30)19-33-23-13-9-6-10-14-23)26(32)27-24(25(31)28(3)4)17-21-11-7-5-8-12-21/h5-14,20,22,24,30H,15-19H2,1-4H3,(H,27,32). The Bertz CT molecular complexity index is 843. The van der Waals surface area contributed by atoms with Crippen LogP contribution in [0.25, 0.3) is 0 Å². The van der Waals surface area contributed by atoms with Gasteiger partial charge in [-0.3, -0.25) is 4.79 Å². The topological polar surface area (TPSA) is 82.1 Å². The molecule has 2 rings (SSSR count). The van der Waals surface area contributed by atoms with Crippen molar-refractivity contribution in [1.82, 2.24) is 15.1 Å². The summed E-state index contributed by atoms with van der Waals surface area (Å²) in [5.41, 5.74) is 0.956. The number of amides is 3. The van der Waals surface area contributed by atoms with E-state index in [4.69, 9.17) is 4.74 Å². The number of carbonyl (C=O) groups is 2. The first-order valence-electron chi connectivity index (χ1n) is 11.4. The minimum atomic E-state index is -0.717. The summed E-state index contributed by atoms with van der Waals surface area (Å²) in [7, 11) is 3.35. The summed E-state index contributed by atoms with van der Waals surface area (Å²) >= 11 is 0. The van der Waals surface area contributed by atoms with E-state index in [2.05, 4.69) is 19.2 Å². The molecule has 2 aromatic rings. The largest absolute Gasteiger partial charge is 0.491 e. The third-order valence-corrected chi connectivity index (χ3v) is 5.36. The number of hydrogen-bond donors (Lipinski definition) is 2. The molecular weight excluding hydrogens is 418 g/mol. The van der Waals surface area contributed by atoms with Gasteiger partial charge in [0, 0.05) is 27.1 Å². The minimum Gasteiger partial charge on any atom is -0.491 e. The Hall–Kier alpha value is -3.06. The van der Waals surface area contributed by atoms with Crippen molar-refractivity contribution >= 4 is 11.9 Å². The Morgan fingerprint density at radius 1 is 1.00 bits per heavy atom. The number of urea groups is 1. The fourth-order valence-corrected chi connectivity index (χ4v) is 3.39. The number of nitrogens with zero attached hydrogens (tertiary/aromatic N) is 2. The molecule has 0 aliphatic carbocycles. The first kappa shape index (κ1) is 26.2. The van der Waals surface area contributed by atoms with E-state index in [0.29, 0.717) is 24.6 Å². The molecule has 0 radical (unpaired) electrons. The second-order valence-corrected chi connectivity index (χ2v) is 8.76. The molecule has 7 nitrogen and oxygen atoms in total. The number of ether oxygens (including phenoxy) is 1. The van der Waals surface area contributed by atoms with Gasteiger partial charge >= 0.3 is 6.03 Å². The first-order valence-corrected chi connectivity index (χ1v) is 11.4. The van der Waals surface area contributed by atoms with Crippen molar-refractivity contribution in [3.8, 4) is 5.75 Å². The lowest BCUT2D eigenvalue weighted by molar-refractivity contribution is -0.130. The van der Waals surface area contributed by atoms with E-state index in [-0.39, 0.29) is 25.2 Å². The lowest BCUT2D eigenvalue weighted by Crippen LogP contribution is -2.56. The van der Waals surface area contributed by atoms with Crippen molar-refractivity contribution in [2.45, 2.75) is 38.8 Å². The van der Waals surface area contributed by atoms with Crippen LogP contribution in [0.2, 0.25) is 0 Å². The number of benzene rings is 2. The van der Waals surface area contributed by atoms with Gasteiger partial charge in [-0.05, 0) is 30.0 Å². The van der Waals surface area contributed by atoms with E-state index in [1.54, 1.807) is 19.0 Å². The highest BCUT2D eigenvalue weighted by molar-refractivity contribution is 5.87. The number of nitrogens with one attached hydrogen (secondary N) is 1. The Balaban J connectivity index is 2.17. The lowest BCUT2D eigenvalue weighted by atomic mass is 10.0. The zero-order valence-corrected chi connectivity index (χ0v) is 20.1. The Labute approximate surface area is 197 Å². The van der Waals surface area contributed by atoms with Crippen molar-refractivity contribution in [2.24, 2.45) is 5.92 Å². The Morgan fingerprint density at radius 3 is 2.15 bits per heavy atom. The summed E-state index contributed by atoms with van der Waals surface area (Å²) in [5.74, 6) is 0.861. The zero-order chi connectivity index (χ0) is 24.2. The summed E-state index contributed by atoms with van der Waals surface area (Å²) in [5, 5.41) is 13.0. The average Bonchev–Trinajstić information content (AvgIpc) is 2.81. The van der Waals surface area contributed by atoms with Crippen LogP contribution in [0.5, 0.6) is 5.75 Å². The molecule has 2 N–H and O–H groups in total. The highest BCUT2D eigenvalue weighted by atomic mass is 16.5. The smallest absolute Gasteiger partial charge is 0.318 e. The van der Waals surface area contributed by atoms with Crippen molar-refractivity contribution in [1.29, 1.82) is 0 Å². The predicted molar refractivity (Wildman–Crippen MR) is 130 cm³/mol. The third-order valence-electron chi connectivity index (χ3n) is 5.36. The number of hydrogen-bond acceptors (Lipinski definition) is 4. The number of aliphatic hydroxyl groups excluding tert-OH is 1. The molecule has 2 aromatic carbocycles. The van der Waals surface area contributed by atoms with Gasteiger partial charge in [0.05, 0.1) is 12.6 Å². The number of rotatable bonds is 12. The number of aliphatic hydroxyl groups is 1. The molecule has 3 amide bonds. The van der Waals surface area contributed by atoms with Gasteiger partial charge in [-0.2, -0.15) is 0 Å². The molecule has 0 saturated heterocycles. The van der Waals surface area contributed by atoms with Crippen LogP contribution in [-0.2, 0) is 11.2 Å². The van der Waals surface area contributed by atoms with E-state index in [1.165, 1.54) is 4.90 Å². The first-order chi connectivity index (χ1) is 15.8. The van der Waals surface area contributed by atoms with Crippen LogP contribution in [0.15, 0.2) is 60.7 Å². The van der Waals surface area contributed by atoms with E-state index in [1.807, 2.05) is 60.7 Å². The SMILES string of the molecule is CC(C)CCN(C(=O)NC(Cc1ccccc1)C(=O)N(C)C)C(CO)COc1ccccc1. The molecule has 2 atom stereocenters. The van der Waals surface area contributed by atoms with Gasteiger partial charge in [-0.25, -0.2) is 4.79 Å². The molecule has 0 heterocycles. The van der Waals surface area contributed by atoms with Crippen LogP contribution in [0.4, 0.5) is 4.79 Å². The van der Waals surface area contributed by atoms with Gasteiger partial charge in [0.25, 0.3) is 0 Å². The van der Waals surface area contributed by atoms with Crippen molar-refractivity contribution in [2.75, 3.05) is 33.9 Å². The molecule has 7 heteroatoms. The summed E-state index contributed by atoms with van der Waals surface area (Å²) < 4.78 is 5.83. The van der Waals surface area contributed by atoms with Gasteiger partial charge in [-0.1, -0.05) is 62.4 Å². The Kier molecular flexibility index (Phi) is 10.7. The molecule has 180 valence electrons. The van der Waals surface area contributed by atoms with Crippen molar-refractivity contribution in [3.63, 3.8) is 0 Å². The minimum absolute atomic E-state index is 0.150. The molecule has 0 saturated carbocycles. The molecule has 0 spiro atoms. The fourth-order valence-electron chi connectivity index (χ4n) is 3.39. The van der Waals surface area contributed by atoms with Crippen LogP contribution in [0.3, 0.4) is 0 Å². The quantitative estimate of drug-likeness (QED) is 0.515. The van der Waals surface area contributed by atoms with E-state index >= 15 is 0 Å². The molecule has 0 fully saturated rings. The van der Waals surface area contributed by atoms with Crippen LogP contribution < -0.4 is 10.1 Å². The maximum absolute atomic E-state index is 13.4. The van der Waals surface area contributed by atoms with Gasteiger partial charge in [-0.15, -0.1) is 0 Å². The second-order valence-electron chi connectivity index (χ2n) is 8.76. The maximum atomic E-state index is 13.4. The average molecular weight is 456 g/mol. The summed E-state index contributed by atoms with van der Waals surface area (Å²) in [6, 6.07) is 17.2. The van der Waals surface area contributed by atoms with Gasteiger partial charge in [0.15, 0.2) is 0 Å². The molecule has 33 heavy (non-hydrogen) atoms. The Morgan fingerprint density at radius 2 is 1.61 bits per heavy atom. The predicted octanol–water partition coefficient (Wildman–Crippen LogP) is 3.18. The highest BCUT2D eigenvalue weighted by Gasteiger charge is 2.29. The highest BCUT2D eigenvalue weighted by Crippen LogP contribution is 2.13. The van der Waals surface area contributed by atoms with E-state index < -0.39 is 12.1 Å². The van der Waals surface area contributed by atoms with Gasteiger partial charge in [0.2, 0.25) is 5.91 Å². The summed E-state index contributed by atoms with van der Waals surface area (Å²) in [4.78, 5) is 29.3.